The van der Waals surface area contributed by atoms with Crippen molar-refractivity contribution < 1.29 is 4.42 Å². The fraction of sp³-hybridized carbons (Fsp3) is 0.125. The molecule has 0 aliphatic carbocycles. The van der Waals surface area contributed by atoms with Gasteiger partial charge in [0.25, 0.3) is 0 Å². The molecule has 0 saturated carbocycles. The van der Waals surface area contributed by atoms with Crippen molar-refractivity contribution in [2.75, 3.05) is 0 Å². The average Bonchev–Trinajstić information content (AvgIpc) is 2.02. The highest BCUT2D eigenvalue weighted by Crippen LogP contribution is 1.85. The molecule has 0 amide bonds. The Bertz CT molecular complexity index is 217. The summed E-state index contributed by atoms with van der Waals surface area (Å²) in [5, 5.41) is 0. The van der Waals surface area contributed by atoms with Crippen LogP contribution < -0.4 is 0 Å². The van der Waals surface area contributed by atoms with Crippen molar-refractivity contribution in [3.63, 3.8) is 0 Å². The lowest BCUT2D eigenvalue weighted by atomic mass is 10.5. The molecule has 0 bridgehead atoms. The SMILES string of the molecule is Cc1ncccccco1. The Kier molecular flexibility index (Phi) is 2.49. The molecule has 0 N–H and O–H groups in total. The lowest BCUT2D eigenvalue weighted by Crippen LogP contribution is -1.68. The normalized spacial score (nSPS) is 8.50. The summed E-state index contributed by atoms with van der Waals surface area (Å²) in [5.74, 6) is 0.649. The molecule has 0 aliphatic rings. The molecular formula is C8H9NO. The Morgan fingerprint density at radius 1 is 1.20 bits per heavy atom. The first kappa shape index (κ1) is 6.81. The fourth-order valence-electron chi connectivity index (χ4n) is 0.540. The maximum absolute atomic E-state index is 5.03. The van der Waals surface area contributed by atoms with E-state index in [0.29, 0.717) is 5.89 Å². The van der Waals surface area contributed by atoms with Crippen LogP contribution in [0.4, 0.5) is 0 Å². The van der Waals surface area contributed by atoms with Gasteiger partial charge in [-0.3, -0.25) is 0 Å². The van der Waals surface area contributed by atoms with Gasteiger partial charge in [0.2, 0.25) is 0 Å². The van der Waals surface area contributed by atoms with Gasteiger partial charge in [-0.25, -0.2) is 4.98 Å². The predicted octanol–water partition coefficient (Wildman–Crippen LogP) is 2.11. The summed E-state index contributed by atoms with van der Waals surface area (Å²) in [4.78, 5) is 3.96. The Morgan fingerprint density at radius 3 is 2.90 bits per heavy atom. The molecule has 0 radical (unpaired) electrons. The van der Waals surface area contributed by atoms with E-state index in [2.05, 4.69) is 4.98 Å². The first-order valence-electron chi connectivity index (χ1n) is 3.09. The summed E-state index contributed by atoms with van der Waals surface area (Å²) in [6, 6.07) is 7.43. The lowest BCUT2D eigenvalue weighted by molar-refractivity contribution is 0.498. The van der Waals surface area contributed by atoms with E-state index in [1.165, 1.54) is 0 Å². The summed E-state index contributed by atoms with van der Waals surface area (Å²) in [6.07, 6.45) is 3.29. The highest BCUT2D eigenvalue weighted by Gasteiger charge is 1.73. The molecule has 0 unspecified atom stereocenters. The molecule has 1 rings (SSSR count). The number of hydrogen-bond donors (Lipinski definition) is 0. The monoisotopic (exact) mass is 135 g/mol. The zero-order valence-electron chi connectivity index (χ0n) is 5.82. The van der Waals surface area contributed by atoms with Crippen LogP contribution in [-0.4, -0.2) is 4.98 Å². The molecular weight excluding hydrogens is 126 g/mol. The number of rotatable bonds is 0. The second-order valence-corrected chi connectivity index (χ2v) is 1.82. The second-order valence-electron chi connectivity index (χ2n) is 1.82. The molecule has 0 saturated heterocycles. The molecule has 0 spiro atoms. The third-order valence-corrected chi connectivity index (χ3v) is 0.993. The largest absolute Gasteiger partial charge is 0.451 e. The van der Waals surface area contributed by atoms with Gasteiger partial charge in [-0.1, -0.05) is 12.1 Å². The standard InChI is InChI=1S/C8H9NO/c1-8-9-6-4-2-3-5-7-10-8/h2-7H,1H3. The van der Waals surface area contributed by atoms with E-state index < -0.39 is 0 Å². The number of aryl methyl sites for hydroxylation is 1. The van der Waals surface area contributed by atoms with E-state index in [4.69, 9.17) is 4.42 Å². The van der Waals surface area contributed by atoms with Crippen LogP contribution in [0.2, 0.25) is 0 Å². The van der Waals surface area contributed by atoms with Gasteiger partial charge in [-0.15, -0.1) is 0 Å². The summed E-state index contributed by atoms with van der Waals surface area (Å²) in [7, 11) is 0. The summed E-state index contributed by atoms with van der Waals surface area (Å²) >= 11 is 0. The molecule has 1 heterocycles. The Hall–Kier alpha value is -1.31. The maximum Gasteiger partial charge on any atom is 0.190 e. The van der Waals surface area contributed by atoms with E-state index >= 15 is 0 Å². The van der Waals surface area contributed by atoms with Crippen molar-refractivity contribution in [1.82, 2.24) is 4.98 Å². The Labute approximate surface area is 59.9 Å². The summed E-state index contributed by atoms with van der Waals surface area (Å²) in [6.45, 7) is 1.81. The Morgan fingerprint density at radius 2 is 2.00 bits per heavy atom. The van der Waals surface area contributed by atoms with Gasteiger partial charge in [-0.2, -0.15) is 0 Å². The van der Waals surface area contributed by atoms with Gasteiger partial charge in [0.05, 0.1) is 6.26 Å². The molecule has 2 nitrogen and oxygen atoms in total. The fourth-order valence-corrected chi connectivity index (χ4v) is 0.540. The molecule has 0 aromatic carbocycles. The van der Waals surface area contributed by atoms with Crippen molar-refractivity contribution in [2.45, 2.75) is 6.92 Å². The summed E-state index contributed by atoms with van der Waals surface area (Å²) < 4.78 is 5.03. The van der Waals surface area contributed by atoms with Crippen LogP contribution in [0.1, 0.15) is 5.89 Å². The second kappa shape index (κ2) is 3.67. The molecule has 1 aromatic rings. The van der Waals surface area contributed by atoms with Crippen LogP contribution in [0.5, 0.6) is 0 Å². The highest BCUT2D eigenvalue weighted by atomic mass is 16.3. The van der Waals surface area contributed by atoms with Crippen LogP contribution in [0.25, 0.3) is 0 Å². The molecule has 0 fully saturated rings. The van der Waals surface area contributed by atoms with E-state index in [1.807, 2.05) is 24.3 Å². The minimum atomic E-state index is 0.649. The first-order chi connectivity index (χ1) is 4.89. The molecule has 1 aromatic heterocycles. The van der Waals surface area contributed by atoms with Crippen molar-refractivity contribution in [1.29, 1.82) is 0 Å². The molecule has 0 aliphatic heterocycles. The molecule has 0 atom stereocenters. The van der Waals surface area contributed by atoms with Gasteiger partial charge in [0.1, 0.15) is 0 Å². The van der Waals surface area contributed by atoms with Crippen molar-refractivity contribution >= 4 is 0 Å². The van der Waals surface area contributed by atoms with Crippen molar-refractivity contribution in [3.05, 3.63) is 42.6 Å². The Balaban J connectivity index is 3.13. The molecule has 2 heteroatoms. The van der Waals surface area contributed by atoms with Crippen LogP contribution in [0, 0.1) is 6.92 Å². The van der Waals surface area contributed by atoms with Gasteiger partial charge in [-0.05, 0) is 12.1 Å². The van der Waals surface area contributed by atoms with E-state index in [0.717, 1.165) is 0 Å². The summed E-state index contributed by atoms with van der Waals surface area (Å²) in [5.41, 5.74) is 0. The van der Waals surface area contributed by atoms with Crippen LogP contribution in [0.3, 0.4) is 0 Å². The maximum atomic E-state index is 5.03. The third kappa shape index (κ3) is 2.31. The van der Waals surface area contributed by atoms with E-state index in [-0.39, 0.29) is 0 Å². The third-order valence-electron chi connectivity index (χ3n) is 0.993. The lowest BCUT2D eigenvalue weighted by Gasteiger charge is -1.78. The number of nitrogens with zero attached hydrogens (tertiary/aromatic N) is 1. The van der Waals surface area contributed by atoms with Gasteiger partial charge < -0.3 is 4.42 Å². The van der Waals surface area contributed by atoms with E-state index in [1.54, 1.807) is 19.4 Å². The van der Waals surface area contributed by atoms with Gasteiger partial charge >= 0.3 is 0 Å². The zero-order chi connectivity index (χ0) is 7.23. The number of aromatic nitrogens is 1. The zero-order valence-corrected chi connectivity index (χ0v) is 5.82. The quantitative estimate of drug-likeness (QED) is 0.544. The predicted molar refractivity (Wildman–Crippen MR) is 38.9 cm³/mol. The van der Waals surface area contributed by atoms with E-state index in [9.17, 15) is 0 Å². The van der Waals surface area contributed by atoms with Gasteiger partial charge in [0, 0.05) is 13.1 Å². The minimum absolute atomic E-state index is 0.649. The average molecular weight is 135 g/mol. The highest BCUT2D eigenvalue weighted by molar-refractivity contribution is 4.88. The number of hydrogen-bond acceptors (Lipinski definition) is 2. The minimum Gasteiger partial charge on any atom is -0.451 e. The smallest absolute Gasteiger partial charge is 0.190 e. The first-order valence-corrected chi connectivity index (χ1v) is 3.09. The van der Waals surface area contributed by atoms with Crippen LogP contribution in [-0.2, 0) is 0 Å². The molecule has 52 valence electrons. The van der Waals surface area contributed by atoms with Gasteiger partial charge in [0.15, 0.2) is 5.89 Å². The van der Waals surface area contributed by atoms with Crippen molar-refractivity contribution in [2.24, 2.45) is 0 Å². The van der Waals surface area contributed by atoms with Crippen LogP contribution in [0.15, 0.2) is 41.1 Å². The topological polar surface area (TPSA) is 26.0 Å². The van der Waals surface area contributed by atoms with Crippen LogP contribution >= 0.6 is 0 Å². The van der Waals surface area contributed by atoms with Crippen molar-refractivity contribution in [3.8, 4) is 0 Å². The molecule has 10 heavy (non-hydrogen) atoms.